The van der Waals surface area contributed by atoms with E-state index >= 15 is 0 Å². The fraction of sp³-hybridized carbons (Fsp3) is 0.481. The largest absolute Gasteiger partial charge is 0.340 e. The molecule has 4 heterocycles. The molecule has 2 aliphatic carbocycles. The fourth-order valence-electron chi connectivity index (χ4n) is 5.81. The van der Waals surface area contributed by atoms with Gasteiger partial charge in [-0.2, -0.15) is 0 Å². The van der Waals surface area contributed by atoms with Crippen LogP contribution in [0.5, 0.6) is 0 Å². The lowest BCUT2D eigenvalue weighted by molar-refractivity contribution is -0.137. The number of hydrogen-bond acceptors (Lipinski definition) is 8. The molecule has 1 amide bonds. The number of thioether (sulfide) groups is 1. The molecule has 2 aliphatic heterocycles. The molecule has 4 aliphatic rings. The van der Waals surface area contributed by atoms with Crippen molar-refractivity contribution in [1.82, 2.24) is 19.8 Å². The van der Waals surface area contributed by atoms with Crippen LogP contribution in [0.25, 0.3) is 10.2 Å². The average Bonchev–Trinajstić information content (AvgIpc) is 3.50. The van der Waals surface area contributed by atoms with Crippen LogP contribution in [0.15, 0.2) is 29.4 Å². The standard InChI is InChI=1S/C27H29N5O2S2/c33-23-12-17-3-5-19(13-21(17)35-23)30-25-24-20-6-4-18(11-22(20)36-26(24)29-15-28-25)27(34)32-9-7-31(8-10-32)14-16-1-2-16/h3,5,13,15-16,18H,1-2,4,6-12,14H2,(H,28,29,30). The second-order valence-electron chi connectivity index (χ2n) is 10.5. The van der Waals surface area contributed by atoms with Crippen molar-refractivity contribution in [3.63, 3.8) is 0 Å². The van der Waals surface area contributed by atoms with E-state index in [1.807, 2.05) is 18.2 Å². The van der Waals surface area contributed by atoms with Gasteiger partial charge in [0.05, 0.1) is 5.39 Å². The Bertz CT molecular complexity index is 1360. The zero-order valence-electron chi connectivity index (χ0n) is 20.2. The van der Waals surface area contributed by atoms with E-state index in [0.29, 0.717) is 12.3 Å². The number of anilines is 2. The van der Waals surface area contributed by atoms with Crippen molar-refractivity contribution in [1.29, 1.82) is 0 Å². The molecule has 186 valence electrons. The molecule has 1 saturated heterocycles. The summed E-state index contributed by atoms with van der Waals surface area (Å²) in [5.41, 5.74) is 3.32. The van der Waals surface area contributed by atoms with Crippen LogP contribution in [0.1, 0.15) is 35.3 Å². The predicted molar refractivity (Wildman–Crippen MR) is 143 cm³/mol. The Kier molecular flexibility index (Phi) is 5.74. The summed E-state index contributed by atoms with van der Waals surface area (Å²) in [7, 11) is 0. The van der Waals surface area contributed by atoms with Crippen molar-refractivity contribution >= 4 is 55.8 Å². The first kappa shape index (κ1) is 22.7. The summed E-state index contributed by atoms with van der Waals surface area (Å²) in [5, 5.41) is 4.77. The van der Waals surface area contributed by atoms with E-state index in [0.717, 1.165) is 83.5 Å². The number of carbonyl (C=O) groups is 2. The number of aryl methyl sites for hydroxylation is 1. The summed E-state index contributed by atoms with van der Waals surface area (Å²) < 4.78 is 0. The Hall–Kier alpha value is -2.49. The highest BCUT2D eigenvalue weighted by atomic mass is 32.2. The van der Waals surface area contributed by atoms with Crippen LogP contribution in [0.4, 0.5) is 11.5 Å². The molecule has 1 aromatic carbocycles. The van der Waals surface area contributed by atoms with Gasteiger partial charge in [0.1, 0.15) is 17.0 Å². The van der Waals surface area contributed by atoms with Gasteiger partial charge >= 0.3 is 0 Å². The molecule has 3 aromatic rings. The van der Waals surface area contributed by atoms with E-state index in [-0.39, 0.29) is 11.0 Å². The zero-order chi connectivity index (χ0) is 24.2. The molecular formula is C27H29N5O2S2. The first-order chi connectivity index (χ1) is 17.6. The van der Waals surface area contributed by atoms with E-state index in [1.54, 1.807) is 17.7 Å². The summed E-state index contributed by atoms with van der Waals surface area (Å²) in [6.07, 6.45) is 7.44. The van der Waals surface area contributed by atoms with Gasteiger partial charge in [0, 0.05) is 60.5 Å². The van der Waals surface area contributed by atoms with Gasteiger partial charge in [0.25, 0.3) is 0 Å². The summed E-state index contributed by atoms with van der Waals surface area (Å²) >= 11 is 3.02. The molecule has 0 radical (unpaired) electrons. The van der Waals surface area contributed by atoms with Gasteiger partial charge in [0.2, 0.25) is 5.91 Å². The zero-order valence-corrected chi connectivity index (χ0v) is 21.8. The number of carbonyl (C=O) groups excluding carboxylic acids is 2. The number of thiophene rings is 1. The van der Waals surface area contributed by atoms with Crippen LogP contribution in [-0.2, 0) is 28.9 Å². The molecule has 7 rings (SSSR count). The molecule has 2 fully saturated rings. The molecule has 0 bridgehead atoms. The van der Waals surface area contributed by atoms with Crippen molar-refractivity contribution in [3.05, 3.63) is 40.5 Å². The summed E-state index contributed by atoms with van der Waals surface area (Å²) in [5.74, 6) is 2.11. The highest BCUT2D eigenvalue weighted by Gasteiger charge is 2.34. The fourth-order valence-corrected chi connectivity index (χ4v) is 8.01. The van der Waals surface area contributed by atoms with E-state index in [9.17, 15) is 9.59 Å². The number of aromatic nitrogens is 2. The molecule has 36 heavy (non-hydrogen) atoms. The maximum atomic E-state index is 13.4. The molecule has 1 atom stereocenters. The van der Waals surface area contributed by atoms with E-state index in [4.69, 9.17) is 0 Å². The smallest absolute Gasteiger partial charge is 0.226 e. The lowest BCUT2D eigenvalue weighted by Crippen LogP contribution is -2.51. The van der Waals surface area contributed by atoms with E-state index < -0.39 is 0 Å². The number of rotatable bonds is 5. The quantitative estimate of drug-likeness (QED) is 0.539. The molecule has 1 unspecified atom stereocenters. The summed E-state index contributed by atoms with van der Waals surface area (Å²) in [6.45, 7) is 4.99. The summed E-state index contributed by atoms with van der Waals surface area (Å²) in [4.78, 5) is 42.3. The molecule has 9 heteroatoms. The summed E-state index contributed by atoms with van der Waals surface area (Å²) in [6, 6.07) is 6.08. The number of amides is 1. The van der Waals surface area contributed by atoms with Crippen molar-refractivity contribution in [2.24, 2.45) is 11.8 Å². The normalized spacial score (nSPS) is 22.1. The third kappa shape index (κ3) is 4.31. The highest BCUT2D eigenvalue weighted by Crippen LogP contribution is 2.42. The minimum Gasteiger partial charge on any atom is -0.340 e. The van der Waals surface area contributed by atoms with Gasteiger partial charge < -0.3 is 10.2 Å². The number of fused-ring (bicyclic) bond motifs is 4. The maximum Gasteiger partial charge on any atom is 0.226 e. The SMILES string of the molecule is O=C1Cc2ccc(Nc3ncnc4sc5c(c34)CCC(C(=O)N3CCN(CC4CC4)CC3)C5)cc2S1. The average molecular weight is 520 g/mol. The third-order valence-corrected chi connectivity index (χ3v) is 10.1. The Balaban J connectivity index is 1.07. The van der Waals surface area contributed by atoms with Crippen LogP contribution in [-0.4, -0.2) is 63.5 Å². The molecule has 1 N–H and O–H groups in total. The van der Waals surface area contributed by atoms with Crippen LogP contribution in [0.2, 0.25) is 0 Å². The van der Waals surface area contributed by atoms with Gasteiger partial charge in [-0.3, -0.25) is 14.5 Å². The van der Waals surface area contributed by atoms with Crippen molar-refractivity contribution in [2.75, 3.05) is 38.0 Å². The molecule has 1 saturated carbocycles. The van der Waals surface area contributed by atoms with Gasteiger partial charge in [-0.25, -0.2) is 9.97 Å². The van der Waals surface area contributed by atoms with Crippen LogP contribution < -0.4 is 5.32 Å². The number of hydrogen-bond donors (Lipinski definition) is 1. The van der Waals surface area contributed by atoms with Crippen molar-refractivity contribution in [3.8, 4) is 0 Å². The van der Waals surface area contributed by atoms with Crippen molar-refractivity contribution in [2.45, 2.75) is 43.4 Å². The van der Waals surface area contributed by atoms with Crippen molar-refractivity contribution < 1.29 is 9.59 Å². The van der Waals surface area contributed by atoms with Gasteiger partial charge in [-0.1, -0.05) is 17.8 Å². The second kappa shape index (κ2) is 9.11. The predicted octanol–water partition coefficient (Wildman–Crippen LogP) is 4.27. The number of piperazine rings is 1. The van der Waals surface area contributed by atoms with E-state index in [1.165, 1.54) is 41.6 Å². The minimum atomic E-state index is 0.0659. The molecule has 0 spiro atoms. The number of benzene rings is 1. The van der Waals surface area contributed by atoms with Crippen LogP contribution in [0, 0.1) is 11.8 Å². The Morgan fingerprint density at radius 1 is 1.11 bits per heavy atom. The van der Waals surface area contributed by atoms with Crippen LogP contribution >= 0.6 is 23.1 Å². The monoisotopic (exact) mass is 519 g/mol. The molecular weight excluding hydrogens is 490 g/mol. The van der Waals surface area contributed by atoms with E-state index in [2.05, 4.69) is 25.1 Å². The minimum absolute atomic E-state index is 0.0659. The Morgan fingerprint density at radius 3 is 2.81 bits per heavy atom. The lowest BCUT2D eigenvalue weighted by Gasteiger charge is -2.37. The van der Waals surface area contributed by atoms with Gasteiger partial charge in [-0.05, 0) is 61.3 Å². The highest BCUT2D eigenvalue weighted by molar-refractivity contribution is 8.14. The lowest BCUT2D eigenvalue weighted by atomic mass is 9.86. The Labute approximate surface area is 218 Å². The topological polar surface area (TPSA) is 78.4 Å². The third-order valence-electron chi connectivity index (χ3n) is 7.98. The second-order valence-corrected chi connectivity index (χ2v) is 12.7. The first-order valence-electron chi connectivity index (χ1n) is 13.0. The maximum absolute atomic E-state index is 13.4. The molecule has 7 nitrogen and oxygen atoms in total. The number of nitrogens with zero attached hydrogens (tertiary/aromatic N) is 4. The molecule has 2 aromatic heterocycles. The first-order valence-corrected chi connectivity index (χ1v) is 14.6. The van der Waals surface area contributed by atoms with Crippen LogP contribution in [0.3, 0.4) is 0 Å². The Morgan fingerprint density at radius 2 is 1.97 bits per heavy atom. The number of nitrogens with one attached hydrogen (secondary N) is 1. The van der Waals surface area contributed by atoms with Gasteiger partial charge in [-0.15, -0.1) is 11.3 Å². The van der Waals surface area contributed by atoms with Gasteiger partial charge in [0.15, 0.2) is 5.12 Å².